The molecule has 3 N–H and O–H groups in total. The minimum Gasteiger partial charge on any atom is -0.370 e. The predicted octanol–water partition coefficient (Wildman–Crippen LogP) is 4.10. The van der Waals surface area contributed by atoms with Gasteiger partial charge in [0.2, 0.25) is 11.8 Å². The van der Waals surface area contributed by atoms with E-state index in [-0.39, 0.29) is 11.8 Å². The normalized spacial score (nSPS) is 14.9. The molecule has 27 heavy (non-hydrogen) atoms. The van der Waals surface area contributed by atoms with E-state index in [0.717, 1.165) is 29.8 Å². The van der Waals surface area contributed by atoms with Crippen LogP contribution in [0.1, 0.15) is 45.2 Å². The van der Waals surface area contributed by atoms with Crippen molar-refractivity contribution >= 4 is 23.2 Å². The van der Waals surface area contributed by atoms with Gasteiger partial charge in [0.05, 0.1) is 0 Å². The van der Waals surface area contributed by atoms with Gasteiger partial charge in [-0.3, -0.25) is 9.59 Å². The Bertz CT molecular complexity index is 791. The third kappa shape index (κ3) is 5.33. The van der Waals surface area contributed by atoms with Crippen LogP contribution in [-0.2, 0) is 9.59 Å². The van der Waals surface area contributed by atoms with Gasteiger partial charge < -0.3 is 16.0 Å². The van der Waals surface area contributed by atoms with Gasteiger partial charge in [-0.2, -0.15) is 0 Å². The Morgan fingerprint density at radius 3 is 2.07 bits per heavy atom. The Morgan fingerprint density at radius 1 is 0.926 bits per heavy atom. The Labute approximate surface area is 160 Å². The lowest BCUT2D eigenvalue weighted by molar-refractivity contribution is -0.123. The summed E-state index contributed by atoms with van der Waals surface area (Å²) in [6.45, 7) is 5.63. The molecule has 5 heteroatoms. The van der Waals surface area contributed by atoms with Crippen molar-refractivity contribution in [1.29, 1.82) is 0 Å². The molecule has 0 radical (unpaired) electrons. The van der Waals surface area contributed by atoms with E-state index in [2.05, 4.69) is 16.0 Å². The molecule has 3 rings (SSSR count). The van der Waals surface area contributed by atoms with Gasteiger partial charge in [-0.25, -0.2) is 0 Å². The molecule has 142 valence electrons. The summed E-state index contributed by atoms with van der Waals surface area (Å²) in [5.74, 6) is -0.0528. The molecule has 0 spiro atoms. The summed E-state index contributed by atoms with van der Waals surface area (Å²) >= 11 is 0. The minimum atomic E-state index is -0.457. The van der Waals surface area contributed by atoms with E-state index in [1.165, 1.54) is 0 Å². The van der Waals surface area contributed by atoms with Crippen molar-refractivity contribution in [3.8, 4) is 0 Å². The predicted molar refractivity (Wildman–Crippen MR) is 108 cm³/mol. The minimum absolute atomic E-state index is 0.0196. The average Bonchev–Trinajstić information content (AvgIpc) is 3.45. The summed E-state index contributed by atoms with van der Waals surface area (Å²) in [5.41, 5.74) is 2.03. The average molecular weight is 365 g/mol. The van der Waals surface area contributed by atoms with Crippen LogP contribution in [0.5, 0.6) is 0 Å². The number of carbonyl (C=O) groups is 2. The first kappa shape index (κ1) is 19.0. The molecule has 2 amide bonds. The first-order valence-electron chi connectivity index (χ1n) is 9.36. The zero-order chi connectivity index (χ0) is 19.4. The molecule has 1 aliphatic rings. The van der Waals surface area contributed by atoms with E-state index in [1.807, 2.05) is 75.4 Å². The standard InChI is InChI=1S/C22H27N3O2/c1-22(2,3)21(27)25-18-13-9-16(10-14-18)23-19(15-7-5-4-6-8-15)20(26)24-17-11-12-17/h4-10,13-14,17,19,23H,11-12H2,1-3H3,(H,24,26)(H,25,27). The highest BCUT2D eigenvalue weighted by atomic mass is 16.2. The topological polar surface area (TPSA) is 70.2 Å². The van der Waals surface area contributed by atoms with Crippen molar-refractivity contribution < 1.29 is 9.59 Å². The van der Waals surface area contributed by atoms with Gasteiger partial charge in [0.1, 0.15) is 6.04 Å². The van der Waals surface area contributed by atoms with Crippen molar-refractivity contribution in [2.24, 2.45) is 5.41 Å². The molecule has 0 aliphatic heterocycles. The van der Waals surface area contributed by atoms with Crippen molar-refractivity contribution in [2.45, 2.75) is 45.7 Å². The molecule has 1 unspecified atom stereocenters. The summed E-state index contributed by atoms with van der Waals surface area (Å²) in [5, 5.41) is 9.29. The number of hydrogen-bond acceptors (Lipinski definition) is 3. The number of nitrogens with one attached hydrogen (secondary N) is 3. The van der Waals surface area contributed by atoms with Crippen molar-refractivity contribution in [3.05, 3.63) is 60.2 Å². The second-order valence-corrected chi connectivity index (χ2v) is 8.05. The maximum Gasteiger partial charge on any atom is 0.247 e. The zero-order valence-electron chi connectivity index (χ0n) is 16.1. The van der Waals surface area contributed by atoms with Crippen LogP contribution in [0.4, 0.5) is 11.4 Å². The van der Waals surface area contributed by atoms with E-state index in [4.69, 9.17) is 0 Å². The van der Waals surface area contributed by atoms with E-state index < -0.39 is 11.5 Å². The molecular formula is C22H27N3O2. The molecule has 1 saturated carbocycles. The van der Waals surface area contributed by atoms with Crippen LogP contribution in [-0.4, -0.2) is 17.9 Å². The van der Waals surface area contributed by atoms with Crippen LogP contribution in [0.15, 0.2) is 54.6 Å². The van der Waals surface area contributed by atoms with Gasteiger partial charge >= 0.3 is 0 Å². The quantitative estimate of drug-likeness (QED) is 0.722. The van der Waals surface area contributed by atoms with Gasteiger partial charge in [0, 0.05) is 22.8 Å². The highest BCUT2D eigenvalue weighted by Gasteiger charge is 2.28. The third-order valence-corrected chi connectivity index (χ3v) is 4.45. The van der Waals surface area contributed by atoms with Crippen molar-refractivity contribution in [1.82, 2.24) is 5.32 Å². The van der Waals surface area contributed by atoms with E-state index in [1.54, 1.807) is 0 Å². The number of carbonyl (C=O) groups excluding carboxylic acids is 2. The highest BCUT2D eigenvalue weighted by Crippen LogP contribution is 2.25. The highest BCUT2D eigenvalue weighted by molar-refractivity contribution is 5.94. The monoisotopic (exact) mass is 365 g/mol. The molecule has 1 aliphatic carbocycles. The van der Waals surface area contributed by atoms with E-state index in [0.29, 0.717) is 6.04 Å². The molecule has 0 aromatic heterocycles. The third-order valence-electron chi connectivity index (χ3n) is 4.45. The van der Waals surface area contributed by atoms with Crippen LogP contribution < -0.4 is 16.0 Å². The molecule has 1 atom stereocenters. The Kier molecular flexibility index (Phi) is 5.49. The maximum absolute atomic E-state index is 12.7. The molecule has 0 saturated heterocycles. The number of anilines is 2. The van der Waals surface area contributed by atoms with Gasteiger partial charge in [-0.1, -0.05) is 51.1 Å². The van der Waals surface area contributed by atoms with Gasteiger partial charge in [-0.15, -0.1) is 0 Å². The molecule has 1 fully saturated rings. The molecular weight excluding hydrogens is 338 g/mol. The number of rotatable bonds is 6. The lowest BCUT2D eigenvalue weighted by Gasteiger charge is -2.21. The maximum atomic E-state index is 12.7. The fourth-order valence-corrected chi connectivity index (χ4v) is 2.59. The van der Waals surface area contributed by atoms with Gasteiger partial charge in [-0.05, 0) is 42.7 Å². The Balaban J connectivity index is 1.71. The fraction of sp³-hybridized carbons (Fsp3) is 0.364. The van der Waals surface area contributed by atoms with Crippen molar-refractivity contribution in [3.63, 3.8) is 0 Å². The first-order valence-corrected chi connectivity index (χ1v) is 9.36. The van der Waals surface area contributed by atoms with Crippen molar-refractivity contribution in [2.75, 3.05) is 10.6 Å². The first-order chi connectivity index (χ1) is 12.8. The number of hydrogen-bond donors (Lipinski definition) is 3. The van der Waals surface area contributed by atoms with Crippen LogP contribution in [0.2, 0.25) is 0 Å². The molecule has 5 nitrogen and oxygen atoms in total. The lowest BCUT2D eigenvalue weighted by Crippen LogP contribution is -2.34. The summed E-state index contributed by atoms with van der Waals surface area (Å²) in [6, 6.07) is 17.0. The number of amides is 2. The number of benzene rings is 2. The summed E-state index contributed by atoms with van der Waals surface area (Å²) < 4.78 is 0. The van der Waals surface area contributed by atoms with Gasteiger partial charge in [0.15, 0.2) is 0 Å². The summed E-state index contributed by atoms with van der Waals surface area (Å²) in [6.07, 6.45) is 2.10. The summed E-state index contributed by atoms with van der Waals surface area (Å²) in [7, 11) is 0. The van der Waals surface area contributed by atoms with E-state index in [9.17, 15) is 9.59 Å². The second-order valence-electron chi connectivity index (χ2n) is 8.05. The molecule has 0 bridgehead atoms. The summed E-state index contributed by atoms with van der Waals surface area (Å²) in [4.78, 5) is 24.8. The van der Waals surface area contributed by atoms with Crippen LogP contribution in [0.3, 0.4) is 0 Å². The lowest BCUT2D eigenvalue weighted by atomic mass is 9.95. The fourth-order valence-electron chi connectivity index (χ4n) is 2.59. The Morgan fingerprint density at radius 2 is 1.52 bits per heavy atom. The van der Waals surface area contributed by atoms with Gasteiger partial charge in [0.25, 0.3) is 0 Å². The molecule has 0 heterocycles. The van der Waals surface area contributed by atoms with E-state index >= 15 is 0 Å². The second kappa shape index (κ2) is 7.82. The zero-order valence-corrected chi connectivity index (χ0v) is 16.1. The van der Waals surface area contributed by atoms with Crippen LogP contribution in [0, 0.1) is 5.41 Å². The van der Waals surface area contributed by atoms with Crippen LogP contribution in [0.25, 0.3) is 0 Å². The Hall–Kier alpha value is -2.82. The van der Waals surface area contributed by atoms with Crippen LogP contribution >= 0.6 is 0 Å². The SMILES string of the molecule is CC(C)(C)C(=O)Nc1ccc(NC(C(=O)NC2CC2)c2ccccc2)cc1. The molecule has 2 aromatic rings. The molecule has 2 aromatic carbocycles. The largest absolute Gasteiger partial charge is 0.370 e. The smallest absolute Gasteiger partial charge is 0.247 e.